The molecule has 1 amide bonds. The third-order valence-electron chi connectivity index (χ3n) is 4.10. The number of sulfonamides is 1. The van der Waals surface area contributed by atoms with Crippen LogP contribution < -0.4 is 4.90 Å². The number of aryl methyl sites for hydroxylation is 1. The van der Waals surface area contributed by atoms with E-state index in [0.29, 0.717) is 11.3 Å². The minimum absolute atomic E-state index is 0.0427. The Labute approximate surface area is 156 Å². The zero-order valence-electron chi connectivity index (χ0n) is 14.7. The molecule has 0 aromatic heterocycles. The largest absolute Gasteiger partial charge is 0.480 e. The minimum Gasteiger partial charge on any atom is -0.480 e. The van der Waals surface area contributed by atoms with Gasteiger partial charge in [0, 0.05) is 12.6 Å². The van der Waals surface area contributed by atoms with Crippen LogP contribution >= 0.6 is 0 Å². The second-order valence-electron chi connectivity index (χ2n) is 6.00. The van der Waals surface area contributed by atoms with E-state index < -0.39 is 28.4 Å². The molecular formula is C18H17N3O5S. The Bertz CT molecular complexity index is 1040. The molecule has 0 aliphatic carbocycles. The minimum atomic E-state index is -3.95. The number of anilines is 1. The third kappa shape index (κ3) is 3.41. The lowest BCUT2D eigenvalue weighted by molar-refractivity contribution is -0.136. The molecule has 0 fully saturated rings. The molecule has 2 aromatic carbocycles. The van der Waals surface area contributed by atoms with E-state index in [9.17, 15) is 18.0 Å². The number of nitrogens with zero attached hydrogens (tertiary/aromatic N) is 3. The lowest BCUT2D eigenvalue weighted by Gasteiger charge is -2.15. The summed E-state index contributed by atoms with van der Waals surface area (Å²) in [6, 6.07) is 12.8. The SMILES string of the molecule is Cc1ccc(S(=O)(=O)N(C)/N=C2\C(=O)N(CC(=O)O)c3ccccc32)cc1. The zero-order valence-corrected chi connectivity index (χ0v) is 15.5. The van der Waals surface area contributed by atoms with Crippen molar-refractivity contribution in [2.45, 2.75) is 11.8 Å². The highest BCUT2D eigenvalue weighted by molar-refractivity contribution is 7.89. The van der Waals surface area contributed by atoms with Gasteiger partial charge in [0.15, 0.2) is 5.71 Å². The molecule has 0 unspecified atom stereocenters. The number of carboxylic acids is 1. The van der Waals surface area contributed by atoms with E-state index in [1.807, 2.05) is 6.92 Å². The summed E-state index contributed by atoms with van der Waals surface area (Å²) in [7, 11) is -2.72. The van der Waals surface area contributed by atoms with E-state index in [-0.39, 0.29) is 10.6 Å². The summed E-state index contributed by atoms with van der Waals surface area (Å²) < 4.78 is 26.1. The van der Waals surface area contributed by atoms with Crippen molar-refractivity contribution in [3.63, 3.8) is 0 Å². The lowest BCUT2D eigenvalue weighted by atomic mass is 10.1. The van der Waals surface area contributed by atoms with Crippen LogP contribution in [0.4, 0.5) is 5.69 Å². The summed E-state index contributed by atoms with van der Waals surface area (Å²) in [5, 5.41) is 13.0. The highest BCUT2D eigenvalue weighted by Crippen LogP contribution is 2.29. The van der Waals surface area contributed by atoms with Gasteiger partial charge in [-0.1, -0.05) is 35.9 Å². The highest BCUT2D eigenvalue weighted by atomic mass is 32.2. The Kier molecular flexibility index (Phi) is 4.71. The Morgan fingerprint density at radius 3 is 2.41 bits per heavy atom. The maximum atomic E-state index is 12.7. The fourth-order valence-electron chi connectivity index (χ4n) is 2.71. The molecule has 1 heterocycles. The number of carbonyl (C=O) groups excluding carboxylic acids is 1. The maximum Gasteiger partial charge on any atom is 0.323 e. The number of hydrogen-bond donors (Lipinski definition) is 1. The molecule has 1 N–H and O–H groups in total. The lowest BCUT2D eigenvalue weighted by Crippen LogP contribution is -2.35. The van der Waals surface area contributed by atoms with Gasteiger partial charge in [0.05, 0.1) is 10.6 Å². The number of carboxylic acid groups (broad SMARTS) is 1. The van der Waals surface area contributed by atoms with Gasteiger partial charge in [-0.25, -0.2) is 0 Å². The van der Waals surface area contributed by atoms with Gasteiger partial charge in [-0.3, -0.25) is 14.5 Å². The fraction of sp³-hybridized carbons (Fsp3) is 0.167. The number of benzene rings is 2. The van der Waals surface area contributed by atoms with Crippen LogP contribution in [0.15, 0.2) is 58.5 Å². The Morgan fingerprint density at radius 1 is 1.15 bits per heavy atom. The Morgan fingerprint density at radius 2 is 1.78 bits per heavy atom. The van der Waals surface area contributed by atoms with E-state index in [2.05, 4.69) is 5.10 Å². The number of aliphatic carboxylic acids is 1. The molecule has 3 rings (SSSR count). The molecule has 1 aliphatic rings. The van der Waals surface area contributed by atoms with Crippen LogP contribution in [0.1, 0.15) is 11.1 Å². The van der Waals surface area contributed by atoms with Gasteiger partial charge in [0.25, 0.3) is 15.9 Å². The van der Waals surface area contributed by atoms with Crippen molar-refractivity contribution >= 4 is 33.3 Å². The summed E-state index contributed by atoms with van der Waals surface area (Å²) in [5.74, 6) is -1.84. The van der Waals surface area contributed by atoms with Crippen molar-refractivity contribution in [2.24, 2.45) is 5.10 Å². The number of hydrogen-bond acceptors (Lipinski definition) is 5. The third-order valence-corrected chi connectivity index (χ3v) is 5.74. The summed E-state index contributed by atoms with van der Waals surface area (Å²) >= 11 is 0. The first-order valence-electron chi connectivity index (χ1n) is 7.99. The molecule has 140 valence electrons. The van der Waals surface area contributed by atoms with Gasteiger partial charge in [-0.15, -0.1) is 0 Å². The molecule has 1 aliphatic heterocycles. The van der Waals surface area contributed by atoms with E-state index in [1.165, 1.54) is 19.2 Å². The molecular weight excluding hydrogens is 370 g/mol. The van der Waals surface area contributed by atoms with E-state index in [1.54, 1.807) is 36.4 Å². The van der Waals surface area contributed by atoms with Crippen LogP contribution in [0, 0.1) is 6.92 Å². The number of hydrazone groups is 1. The Hall–Kier alpha value is -3.20. The normalized spacial score (nSPS) is 15.1. The van der Waals surface area contributed by atoms with Gasteiger partial charge in [0.1, 0.15) is 6.54 Å². The van der Waals surface area contributed by atoms with Crippen molar-refractivity contribution in [1.82, 2.24) is 4.41 Å². The molecule has 0 spiro atoms. The number of para-hydroxylation sites is 1. The first-order valence-corrected chi connectivity index (χ1v) is 9.43. The van der Waals surface area contributed by atoms with Crippen molar-refractivity contribution in [3.8, 4) is 0 Å². The van der Waals surface area contributed by atoms with Crippen LogP contribution in [0.2, 0.25) is 0 Å². The maximum absolute atomic E-state index is 12.7. The predicted octanol–water partition coefficient (Wildman–Crippen LogP) is 1.45. The van der Waals surface area contributed by atoms with Gasteiger partial charge in [-0.05, 0) is 25.1 Å². The molecule has 0 atom stereocenters. The molecule has 0 radical (unpaired) electrons. The predicted molar refractivity (Wildman–Crippen MR) is 99.1 cm³/mol. The van der Waals surface area contributed by atoms with Crippen molar-refractivity contribution in [2.75, 3.05) is 18.5 Å². The van der Waals surface area contributed by atoms with Crippen molar-refractivity contribution in [1.29, 1.82) is 0 Å². The quantitative estimate of drug-likeness (QED) is 0.782. The molecule has 27 heavy (non-hydrogen) atoms. The van der Waals surface area contributed by atoms with Crippen molar-refractivity contribution in [3.05, 3.63) is 59.7 Å². The molecule has 0 saturated carbocycles. The summed E-state index contributed by atoms with van der Waals surface area (Å²) in [6.07, 6.45) is 0. The van der Waals surface area contributed by atoms with Crippen LogP contribution in [0.25, 0.3) is 0 Å². The van der Waals surface area contributed by atoms with E-state index >= 15 is 0 Å². The monoisotopic (exact) mass is 387 g/mol. The second-order valence-corrected chi connectivity index (χ2v) is 7.95. The number of rotatable bonds is 5. The van der Waals surface area contributed by atoms with E-state index in [0.717, 1.165) is 14.9 Å². The molecule has 0 saturated heterocycles. The first kappa shape index (κ1) is 18.6. The van der Waals surface area contributed by atoms with Crippen LogP contribution in [0.5, 0.6) is 0 Å². The fourth-order valence-corrected chi connectivity index (χ4v) is 3.68. The molecule has 0 bridgehead atoms. The average molecular weight is 387 g/mol. The summed E-state index contributed by atoms with van der Waals surface area (Å²) in [5.41, 5.74) is 1.55. The topological polar surface area (TPSA) is 107 Å². The van der Waals surface area contributed by atoms with Crippen LogP contribution in [-0.4, -0.2) is 49.1 Å². The number of carbonyl (C=O) groups is 2. The first-order chi connectivity index (χ1) is 12.7. The van der Waals surface area contributed by atoms with Gasteiger partial charge in [-0.2, -0.15) is 17.9 Å². The number of fused-ring (bicyclic) bond motifs is 1. The highest BCUT2D eigenvalue weighted by Gasteiger charge is 2.36. The summed E-state index contributed by atoms with van der Waals surface area (Å²) in [6.45, 7) is 1.30. The van der Waals surface area contributed by atoms with Crippen molar-refractivity contribution < 1.29 is 23.1 Å². The van der Waals surface area contributed by atoms with E-state index in [4.69, 9.17) is 5.11 Å². The average Bonchev–Trinajstić information content (AvgIpc) is 2.87. The smallest absolute Gasteiger partial charge is 0.323 e. The van der Waals surface area contributed by atoms with Gasteiger partial charge < -0.3 is 5.11 Å². The number of amides is 1. The van der Waals surface area contributed by atoms with Crippen LogP contribution in [-0.2, 0) is 19.6 Å². The molecule has 9 heteroatoms. The second kappa shape index (κ2) is 6.84. The summed E-state index contributed by atoms with van der Waals surface area (Å²) in [4.78, 5) is 24.8. The zero-order chi connectivity index (χ0) is 19.8. The standard InChI is InChI=1S/C18H17N3O5S/c1-12-7-9-13(10-8-12)27(25,26)20(2)19-17-14-5-3-4-6-15(14)21(18(17)24)11-16(22)23/h3-10H,11H2,1-2H3,(H,22,23)/b19-17-. The van der Waals surface area contributed by atoms with Gasteiger partial charge >= 0.3 is 5.97 Å². The molecule has 2 aromatic rings. The van der Waals surface area contributed by atoms with Gasteiger partial charge in [0.2, 0.25) is 0 Å². The Balaban J connectivity index is 2.02. The van der Waals surface area contributed by atoms with Crippen LogP contribution in [0.3, 0.4) is 0 Å². The molecule has 8 nitrogen and oxygen atoms in total.